The Morgan fingerprint density at radius 2 is 1.84 bits per heavy atom. The van der Waals surface area contributed by atoms with Crippen LogP contribution in [0.1, 0.15) is 10.4 Å². The molecule has 0 aliphatic carbocycles. The van der Waals surface area contributed by atoms with Crippen LogP contribution in [0.2, 0.25) is 5.02 Å². The third-order valence-corrected chi connectivity index (χ3v) is 5.47. The molecule has 9 heteroatoms. The van der Waals surface area contributed by atoms with Crippen LogP contribution in [0.3, 0.4) is 0 Å². The van der Waals surface area contributed by atoms with Crippen molar-refractivity contribution in [1.29, 1.82) is 0 Å². The second kappa shape index (κ2) is 8.66. The second-order valence-corrected chi connectivity index (χ2v) is 8.07. The predicted octanol–water partition coefficient (Wildman–Crippen LogP) is 2.82. The monoisotopic (exact) mass is 446 g/mol. The third kappa shape index (κ3) is 5.43. The molecule has 2 rings (SSSR count). The van der Waals surface area contributed by atoms with Crippen LogP contribution in [0, 0.1) is 0 Å². The van der Waals surface area contributed by atoms with E-state index in [-0.39, 0.29) is 23.5 Å². The van der Waals surface area contributed by atoms with Gasteiger partial charge in [0.2, 0.25) is 10.0 Å². The van der Waals surface area contributed by atoms with Crippen LogP contribution < -0.4 is 14.8 Å². The molecule has 0 aliphatic rings. The van der Waals surface area contributed by atoms with Crippen LogP contribution in [0.25, 0.3) is 0 Å². The molecule has 0 unspecified atom stereocenters. The lowest BCUT2D eigenvalue weighted by molar-refractivity contribution is 0.0951. The lowest BCUT2D eigenvalue weighted by atomic mass is 10.2. The number of sulfonamides is 1. The smallest absolute Gasteiger partial charge is 0.255 e. The number of hydrogen-bond donors (Lipinski definition) is 2. The van der Waals surface area contributed by atoms with Crippen molar-refractivity contribution < 1.29 is 17.9 Å². The molecule has 2 aromatic rings. The molecule has 0 spiro atoms. The maximum atomic E-state index is 12.2. The van der Waals surface area contributed by atoms with Gasteiger partial charge in [-0.3, -0.25) is 4.79 Å². The molecule has 2 aromatic carbocycles. The van der Waals surface area contributed by atoms with E-state index in [4.69, 9.17) is 16.3 Å². The molecular formula is C16H16BrClN2O4S. The lowest BCUT2D eigenvalue weighted by Gasteiger charge is -2.10. The summed E-state index contributed by atoms with van der Waals surface area (Å²) in [6, 6.07) is 11.0. The molecule has 0 aliphatic heterocycles. The van der Waals surface area contributed by atoms with Gasteiger partial charge in [-0.15, -0.1) is 0 Å². The van der Waals surface area contributed by atoms with Crippen LogP contribution in [-0.4, -0.2) is 34.5 Å². The Hall–Kier alpha value is -1.61. The van der Waals surface area contributed by atoms with Crippen molar-refractivity contribution in [3.8, 4) is 5.75 Å². The maximum absolute atomic E-state index is 12.2. The first-order valence-corrected chi connectivity index (χ1v) is 9.86. The van der Waals surface area contributed by atoms with Gasteiger partial charge in [0, 0.05) is 22.6 Å². The van der Waals surface area contributed by atoms with E-state index in [2.05, 4.69) is 26.0 Å². The Balaban J connectivity index is 1.91. The van der Waals surface area contributed by atoms with Gasteiger partial charge in [0.05, 0.1) is 17.6 Å². The standard InChI is InChI=1S/C16H16BrClN2O4S/c1-24-15-7-4-12(18)10-14(15)16(21)19-8-9-20-25(22,23)13-5-2-11(17)3-6-13/h2-7,10,20H,8-9H2,1H3,(H,19,21). The summed E-state index contributed by atoms with van der Waals surface area (Å²) in [5, 5.41) is 3.03. The number of methoxy groups -OCH3 is 1. The second-order valence-electron chi connectivity index (χ2n) is 4.95. The van der Waals surface area contributed by atoms with Crippen LogP contribution in [-0.2, 0) is 10.0 Å². The zero-order valence-electron chi connectivity index (χ0n) is 13.3. The summed E-state index contributed by atoms with van der Waals surface area (Å²) in [5.41, 5.74) is 0.283. The maximum Gasteiger partial charge on any atom is 0.255 e. The van der Waals surface area contributed by atoms with E-state index in [9.17, 15) is 13.2 Å². The molecule has 0 aromatic heterocycles. The van der Waals surface area contributed by atoms with Crippen LogP contribution >= 0.6 is 27.5 Å². The van der Waals surface area contributed by atoms with Crippen molar-refractivity contribution in [3.05, 3.63) is 57.5 Å². The van der Waals surface area contributed by atoms with E-state index in [1.807, 2.05) is 0 Å². The molecule has 0 fully saturated rings. The van der Waals surface area contributed by atoms with E-state index in [0.717, 1.165) is 4.47 Å². The summed E-state index contributed by atoms with van der Waals surface area (Å²) in [7, 11) is -2.18. The zero-order chi connectivity index (χ0) is 18.4. The SMILES string of the molecule is COc1ccc(Cl)cc1C(=O)NCCNS(=O)(=O)c1ccc(Br)cc1. The molecule has 1 amide bonds. The molecule has 0 radical (unpaired) electrons. The van der Waals surface area contributed by atoms with Gasteiger partial charge in [0.25, 0.3) is 5.91 Å². The number of hydrogen-bond acceptors (Lipinski definition) is 4. The average Bonchev–Trinajstić information content (AvgIpc) is 2.59. The lowest BCUT2D eigenvalue weighted by Crippen LogP contribution is -2.34. The minimum Gasteiger partial charge on any atom is -0.496 e. The molecule has 0 bridgehead atoms. The van der Waals surface area contributed by atoms with Gasteiger partial charge in [-0.1, -0.05) is 27.5 Å². The topological polar surface area (TPSA) is 84.5 Å². The average molecular weight is 448 g/mol. The number of benzene rings is 2. The Labute approximate surface area is 159 Å². The van der Waals surface area contributed by atoms with Crippen molar-refractivity contribution in [2.75, 3.05) is 20.2 Å². The molecule has 0 heterocycles. The van der Waals surface area contributed by atoms with Gasteiger partial charge in [0.15, 0.2) is 0 Å². The van der Waals surface area contributed by atoms with Gasteiger partial charge >= 0.3 is 0 Å². The van der Waals surface area contributed by atoms with Crippen molar-refractivity contribution in [3.63, 3.8) is 0 Å². The minimum atomic E-state index is -3.63. The summed E-state index contributed by atoms with van der Waals surface area (Å²) in [5.74, 6) is -0.0143. The van der Waals surface area contributed by atoms with E-state index in [0.29, 0.717) is 10.8 Å². The Bertz CT molecular complexity index is 857. The predicted molar refractivity (Wildman–Crippen MR) is 99.7 cm³/mol. The highest BCUT2D eigenvalue weighted by Gasteiger charge is 2.15. The molecule has 0 atom stereocenters. The molecule has 134 valence electrons. The Kier molecular flexibility index (Phi) is 6.83. The highest BCUT2D eigenvalue weighted by molar-refractivity contribution is 9.10. The highest BCUT2D eigenvalue weighted by atomic mass is 79.9. The van der Waals surface area contributed by atoms with Crippen molar-refractivity contribution in [2.24, 2.45) is 0 Å². The molecule has 0 saturated carbocycles. The Morgan fingerprint density at radius 3 is 2.48 bits per heavy atom. The summed E-state index contributed by atoms with van der Waals surface area (Å²) in [4.78, 5) is 12.3. The molecular weight excluding hydrogens is 432 g/mol. The third-order valence-electron chi connectivity index (χ3n) is 3.23. The van der Waals surface area contributed by atoms with E-state index in [1.165, 1.54) is 25.3 Å². The van der Waals surface area contributed by atoms with E-state index < -0.39 is 15.9 Å². The van der Waals surface area contributed by atoms with Crippen molar-refractivity contribution in [1.82, 2.24) is 10.0 Å². The summed E-state index contributed by atoms with van der Waals surface area (Å²) < 4.78 is 32.6. The fraction of sp³-hybridized carbons (Fsp3) is 0.188. The van der Waals surface area contributed by atoms with Gasteiger partial charge in [-0.25, -0.2) is 13.1 Å². The summed E-state index contributed by atoms with van der Waals surface area (Å²) >= 11 is 9.14. The molecule has 25 heavy (non-hydrogen) atoms. The van der Waals surface area contributed by atoms with Gasteiger partial charge in [-0.05, 0) is 42.5 Å². The summed E-state index contributed by atoms with van der Waals surface area (Å²) in [6.07, 6.45) is 0. The summed E-state index contributed by atoms with van der Waals surface area (Å²) in [6.45, 7) is 0.164. The van der Waals surface area contributed by atoms with Crippen molar-refractivity contribution in [2.45, 2.75) is 4.90 Å². The van der Waals surface area contributed by atoms with E-state index >= 15 is 0 Å². The fourth-order valence-electron chi connectivity index (χ4n) is 2.01. The first kappa shape index (κ1) is 19.7. The first-order valence-electron chi connectivity index (χ1n) is 7.20. The number of carbonyl (C=O) groups is 1. The Morgan fingerprint density at radius 1 is 1.16 bits per heavy atom. The van der Waals surface area contributed by atoms with Gasteiger partial charge in [-0.2, -0.15) is 0 Å². The number of ether oxygens (including phenoxy) is 1. The fourth-order valence-corrected chi connectivity index (χ4v) is 3.48. The van der Waals surface area contributed by atoms with Crippen molar-refractivity contribution >= 4 is 43.5 Å². The number of halogens is 2. The van der Waals surface area contributed by atoms with Gasteiger partial charge in [0.1, 0.15) is 5.75 Å². The van der Waals surface area contributed by atoms with E-state index in [1.54, 1.807) is 24.3 Å². The van der Waals surface area contributed by atoms with Gasteiger partial charge < -0.3 is 10.1 Å². The quantitative estimate of drug-likeness (QED) is 0.639. The number of carbonyl (C=O) groups excluding carboxylic acids is 1. The van der Waals surface area contributed by atoms with Crippen LogP contribution in [0.5, 0.6) is 5.75 Å². The normalized spacial score (nSPS) is 11.2. The first-order chi connectivity index (χ1) is 11.8. The number of amides is 1. The minimum absolute atomic E-state index is 0.0486. The molecule has 6 nitrogen and oxygen atoms in total. The largest absolute Gasteiger partial charge is 0.496 e. The number of nitrogens with one attached hydrogen (secondary N) is 2. The zero-order valence-corrected chi connectivity index (χ0v) is 16.4. The molecule has 0 saturated heterocycles. The van der Waals surface area contributed by atoms with Crippen LogP contribution in [0.4, 0.5) is 0 Å². The van der Waals surface area contributed by atoms with Crippen LogP contribution in [0.15, 0.2) is 51.8 Å². The highest BCUT2D eigenvalue weighted by Crippen LogP contribution is 2.22. The number of rotatable bonds is 7. The molecule has 2 N–H and O–H groups in total.